The number of hydrogen-bond acceptors (Lipinski definition) is 6. The first kappa shape index (κ1) is 42.4. The van der Waals surface area contributed by atoms with Crippen molar-refractivity contribution in [2.75, 3.05) is 9.80 Å². The van der Waals surface area contributed by atoms with E-state index in [9.17, 15) is 0 Å². The number of anilines is 6. The molecular formula is C65H60N6O. The van der Waals surface area contributed by atoms with Gasteiger partial charge in [-0.2, -0.15) is 9.97 Å². The lowest BCUT2D eigenvalue weighted by Crippen LogP contribution is -2.51. The molecule has 0 saturated heterocycles. The highest BCUT2D eigenvalue weighted by atomic mass is 16.5. The summed E-state index contributed by atoms with van der Waals surface area (Å²) in [4.78, 5) is 21.4. The van der Waals surface area contributed by atoms with E-state index in [0.29, 0.717) is 6.01 Å². The van der Waals surface area contributed by atoms with Gasteiger partial charge < -0.3 is 19.1 Å². The summed E-state index contributed by atoms with van der Waals surface area (Å²) in [6, 6.07) is 65.7. The Balaban J connectivity index is 0.907. The predicted octanol–water partition coefficient (Wildman–Crippen LogP) is 16.6. The largest absolute Gasteiger partial charge is 0.422 e. The summed E-state index contributed by atoms with van der Waals surface area (Å²) >= 11 is 0. The fraction of sp³-hybridized carbons (Fsp3) is 0.308. The highest BCUT2D eigenvalue weighted by molar-refractivity contribution is 6.12. The van der Waals surface area contributed by atoms with E-state index in [1.54, 1.807) is 0 Å². The zero-order valence-electron chi connectivity index (χ0n) is 40.9. The highest BCUT2D eigenvalue weighted by Gasteiger charge is 2.56. The average molecular weight is 941 g/mol. The Kier molecular flexibility index (Phi) is 9.82. The van der Waals surface area contributed by atoms with Crippen LogP contribution in [0.3, 0.4) is 0 Å². The van der Waals surface area contributed by atoms with E-state index in [4.69, 9.17) is 19.7 Å². The SMILES string of the molecule is c1ccc(N(c2ccccc2)c2ccc3c(c2)c2cc(N(c4ccccc4)c4ccccc4)ccc2n3-c2ccccc2Oc2nc(C34CC5CC(CC(C5)C3)C4)nc(C34CC5CC(CC(C5)C3)C4)n2)cc1. The van der Waals surface area contributed by atoms with Crippen LogP contribution in [-0.2, 0) is 10.8 Å². The second-order valence-corrected chi connectivity index (χ2v) is 23.0. The molecular weight excluding hydrogens is 881 g/mol. The quantitative estimate of drug-likeness (QED) is 0.129. The van der Waals surface area contributed by atoms with E-state index in [1.807, 2.05) is 0 Å². The molecule has 8 fully saturated rings. The number of aromatic nitrogens is 4. The lowest BCUT2D eigenvalue weighted by Gasteiger charge is -2.57. The first-order valence-corrected chi connectivity index (χ1v) is 26.9. The Bertz CT molecular complexity index is 3130. The van der Waals surface area contributed by atoms with Gasteiger partial charge in [0.25, 0.3) is 0 Å². The number of ether oxygens (including phenoxy) is 1. The fourth-order valence-electron chi connectivity index (χ4n) is 16.2. The standard InChI is InChI=1S/C65H60N6O/c1-5-15-49(16-6-1)69(50-17-7-2-8-18-50)53-25-27-57-55(35-53)56-36-54(70(51-19-9-3-10-20-51)52-21-11-4-12-22-52)26-28-58(56)71(57)59-23-13-14-24-60(59)72-63-67-61(64-37-43-29-44(38-64)31-45(30-43)39-64)66-62(68-63)65-40-46-32-47(41-65)34-48(33-46)42-65/h1-28,35-36,43-48H,29-34,37-42H2. The second-order valence-electron chi connectivity index (χ2n) is 23.0. The van der Waals surface area contributed by atoms with Crippen molar-refractivity contribution in [1.29, 1.82) is 0 Å². The minimum absolute atomic E-state index is 0.0232. The molecule has 0 spiro atoms. The second kappa shape index (κ2) is 16.7. The van der Waals surface area contributed by atoms with Crippen molar-refractivity contribution >= 4 is 55.9 Å². The lowest BCUT2D eigenvalue weighted by atomic mass is 9.49. The van der Waals surface area contributed by atoms with Crippen molar-refractivity contribution in [3.8, 4) is 17.4 Å². The molecule has 8 aliphatic rings. The highest BCUT2D eigenvalue weighted by Crippen LogP contribution is 2.63. The molecule has 8 saturated carbocycles. The van der Waals surface area contributed by atoms with E-state index < -0.39 is 0 Å². The van der Waals surface area contributed by atoms with Gasteiger partial charge in [-0.1, -0.05) is 84.9 Å². The molecule has 0 radical (unpaired) electrons. The molecule has 0 unspecified atom stereocenters. The number of rotatable bonds is 11. The smallest absolute Gasteiger partial charge is 0.325 e. The van der Waals surface area contributed by atoms with Gasteiger partial charge in [0.1, 0.15) is 11.6 Å². The number of para-hydroxylation sites is 6. The summed E-state index contributed by atoms with van der Waals surface area (Å²) in [5.41, 5.74) is 9.75. The molecule has 2 heterocycles. The summed E-state index contributed by atoms with van der Waals surface area (Å²) in [7, 11) is 0. The Morgan fingerprint density at radius 2 is 0.722 bits per heavy atom. The molecule has 9 aromatic rings. The van der Waals surface area contributed by atoms with E-state index >= 15 is 0 Å². The Hall–Kier alpha value is -7.25. The van der Waals surface area contributed by atoms with Gasteiger partial charge in [-0.3, -0.25) is 0 Å². The number of fused-ring (bicyclic) bond motifs is 3. The van der Waals surface area contributed by atoms with Gasteiger partial charge in [-0.05, 0) is 210 Å². The van der Waals surface area contributed by atoms with Crippen molar-refractivity contribution in [3.63, 3.8) is 0 Å². The van der Waals surface area contributed by atoms with Crippen LogP contribution in [0.25, 0.3) is 27.5 Å². The first-order valence-electron chi connectivity index (χ1n) is 26.9. The van der Waals surface area contributed by atoms with Crippen LogP contribution in [0.15, 0.2) is 182 Å². The Morgan fingerprint density at radius 3 is 1.10 bits per heavy atom. The normalized spacial score (nSPS) is 26.6. The van der Waals surface area contributed by atoms with Gasteiger partial charge in [-0.15, -0.1) is 0 Å². The number of hydrogen-bond donors (Lipinski definition) is 0. The van der Waals surface area contributed by atoms with Crippen LogP contribution < -0.4 is 14.5 Å². The number of nitrogens with zero attached hydrogens (tertiary/aromatic N) is 6. The maximum Gasteiger partial charge on any atom is 0.325 e. The van der Waals surface area contributed by atoms with Crippen LogP contribution in [0.2, 0.25) is 0 Å². The summed E-state index contributed by atoms with van der Waals surface area (Å²) in [5.74, 6) is 7.55. The van der Waals surface area contributed by atoms with Crippen molar-refractivity contribution in [2.45, 2.75) is 87.9 Å². The maximum atomic E-state index is 7.29. The first-order chi connectivity index (χ1) is 35.5. The molecule has 0 atom stereocenters. The van der Waals surface area contributed by atoms with Gasteiger partial charge in [-0.25, -0.2) is 4.98 Å². The molecule has 17 rings (SSSR count). The molecule has 8 aliphatic carbocycles. The molecule has 7 aromatic carbocycles. The molecule has 0 aliphatic heterocycles. The molecule has 0 N–H and O–H groups in total. The summed E-state index contributed by atoms with van der Waals surface area (Å²) in [6.07, 6.45) is 15.6. The zero-order valence-corrected chi connectivity index (χ0v) is 40.9. The van der Waals surface area contributed by atoms with Crippen LogP contribution in [0.1, 0.15) is 88.7 Å². The lowest BCUT2D eigenvalue weighted by molar-refractivity contribution is -0.0161. The van der Waals surface area contributed by atoms with Gasteiger partial charge in [0.05, 0.1) is 16.7 Å². The zero-order chi connectivity index (χ0) is 47.4. The number of benzene rings is 7. The molecule has 7 heteroatoms. The topological polar surface area (TPSA) is 59.3 Å². The van der Waals surface area contributed by atoms with Crippen molar-refractivity contribution in [2.24, 2.45) is 35.5 Å². The third-order valence-electron chi connectivity index (χ3n) is 18.3. The molecule has 7 nitrogen and oxygen atoms in total. The summed E-state index contributed by atoms with van der Waals surface area (Å²) in [6.45, 7) is 0. The van der Waals surface area contributed by atoms with Crippen LogP contribution in [0.5, 0.6) is 11.8 Å². The van der Waals surface area contributed by atoms with Gasteiger partial charge in [0.15, 0.2) is 5.75 Å². The minimum Gasteiger partial charge on any atom is -0.422 e. The van der Waals surface area contributed by atoms with E-state index in [1.165, 1.54) is 77.0 Å². The fourth-order valence-corrected chi connectivity index (χ4v) is 16.2. The van der Waals surface area contributed by atoms with Gasteiger partial charge >= 0.3 is 6.01 Å². The van der Waals surface area contributed by atoms with E-state index in [-0.39, 0.29) is 10.8 Å². The van der Waals surface area contributed by atoms with Crippen molar-refractivity contribution in [1.82, 2.24) is 19.5 Å². The Labute approximate surface area is 422 Å². The predicted molar refractivity (Wildman–Crippen MR) is 290 cm³/mol. The third kappa shape index (κ3) is 7.09. The van der Waals surface area contributed by atoms with Crippen LogP contribution in [0.4, 0.5) is 34.1 Å². The average Bonchev–Trinajstić information content (AvgIpc) is 3.72. The molecule has 8 bridgehead atoms. The molecule has 356 valence electrons. The van der Waals surface area contributed by atoms with Crippen molar-refractivity contribution < 1.29 is 4.74 Å². The minimum atomic E-state index is 0.0232. The molecule has 72 heavy (non-hydrogen) atoms. The Morgan fingerprint density at radius 1 is 0.375 bits per heavy atom. The van der Waals surface area contributed by atoms with Crippen LogP contribution in [-0.4, -0.2) is 19.5 Å². The third-order valence-corrected chi connectivity index (χ3v) is 18.3. The van der Waals surface area contributed by atoms with Crippen LogP contribution in [0, 0.1) is 35.5 Å². The maximum absolute atomic E-state index is 7.29. The van der Waals surface area contributed by atoms with Gasteiger partial charge in [0.2, 0.25) is 0 Å². The summed E-state index contributed by atoms with van der Waals surface area (Å²) in [5, 5.41) is 2.29. The van der Waals surface area contributed by atoms with E-state index in [0.717, 1.165) is 115 Å². The summed E-state index contributed by atoms with van der Waals surface area (Å²) < 4.78 is 9.70. The molecule has 2 aromatic heterocycles. The van der Waals surface area contributed by atoms with Crippen LogP contribution >= 0.6 is 0 Å². The van der Waals surface area contributed by atoms with Crippen molar-refractivity contribution in [3.05, 3.63) is 194 Å². The monoisotopic (exact) mass is 940 g/mol. The molecule has 0 amide bonds. The van der Waals surface area contributed by atoms with E-state index in [2.05, 4.69) is 196 Å². The van der Waals surface area contributed by atoms with Gasteiger partial charge in [0, 0.05) is 55.7 Å².